The summed E-state index contributed by atoms with van der Waals surface area (Å²) in [6.45, 7) is 2.96. The number of hydrogen-bond donors (Lipinski definition) is 1. The molecular formula is C20H32Br2O3. The molecule has 25 heavy (non-hydrogen) atoms. The topological polar surface area (TPSA) is 38.7 Å². The maximum absolute atomic E-state index is 7.92. The van der Waals surface area contributed by atoms with Crippen LogP contribution < -0.4 is 0 Å². The second-order valence-electron chi connectivity index (χ2n) is 4.60. The summed E-state index contributed by atoms with van der Waals surface area (Å²) >= 11 is 6.66. The second-order valence-corrected chi connectivity index (χ2v) is 6.19. The Balaban J connectivity index is -0.000000362. The lowest BCUT2D eigenvalue weighted by atomic mass is 10.3. The molecule has 0 aliphatic heterocycles. The van der Waals surface area contributed by atoms with E-state index >= 15 is 0 Å². The first kappa shape index (κ1) is 29.3. The minimum atomic E-state index is 0.108. The van der Waals surface area contributed by atoms with Crippen LogP contribution in [0.1, 0.15) is 44.9 Å². The molecule has 0 spiro atoms. The zero-order chi connectivity index (χ0) is 19.4. The van der Waals surface area contributed by atoms with Gasteiger partial charge in [0.1, 0.15) is 0 Å². The van der Waals surface area contributed by atoms with E-state index in [1.54, 1.807) is 0 Å². The van der Waals surface area contributed by atoms with Gasteiger partial charge in [0.2, 0.25) is 0 Å². The summed E-state index contributed by atoms with van der Waals surface area (Å²) in [7, 11) is 0. The maximum atomic E-state index is 7.92. The van der Waals surface area contributed by atoms with Crippen LogP contribution in [-0.4, -0.2) is 48.8 Å². The monoisotopic (exact) mass is 478 g/mol. The normalized spacial score (nSPS) is 8.64. The fourth-order valence-electron chi connectivity index (χ4n) is 1.13. The van der Waals surface area contributed by atoms with Crippen molar-refractivity contribution in [2.45, 2.75) is 44.9 Å². The van der Waals surface area contributed by atoms with Gasteiger partial charge in [0.25, 0.3) is 0 Å². The van der Waals surface area contributed by atoms with Crippen LogP contribution >= 0.6 is 31.9 Å². The third kappa shape index (κ3) is 45.2. The molecule has 0 aliphatic carbocycles. The van der Waals surface area contributed by atoms with Crippen molar-refractivity contribution in [3.8, 4) is 37.0 Å². The van der Waals surface area contributed by atoms with Gasteiger partial charge < -0.3 is 14.6 Å². The second kappa shape index (κ2) is 34.8. The first-order chi connectivity index (χ1) is 12.2. The number of halogens is 2. The zero-order valence-electron chi connectivity index (χ0n) is 15.2. The summed E-state index contributed by atoms with van der Waals surface area (Å²) in [6.07, 6.45) is 21.3. The Labute approximate surface area is 171 Å². The predicted octanol–water partition coefficient (Wildman–Crippen LogP) is 4.40. The van der Waals surface area contributed by atoms with Crippen molar-refractivity contribution in [2.75, 3.05) is 43.7 Å². The molecule has 1 N–H and O–H groups in total. The highest BCUT2D eigenvalue weighted by Crippen LogP contribution is 1.95. The average Bonchev–Trinajstić information content (AvgIpc) is 2.63. The number of alkyl halides is 2. The molecule has 0 aromatic rings. The van der Waals surface area contributed by atoms with E-state index in [2.05, 4.69) is 49.6 Å². The van der Waals surface area contributed by atoms with Crippen molar-refractivity contribution in [1.29, 1.82) is 0 Å². The molecular weight excluding hydrogens is 448 g/mol. The van der Waals surface area contributed by atoms with Gasteiger partial charge in [0, 0.05) is 43.1 Å². The van der Waals surface area contributed by atoms with Crippen LogP contribution in [0.4, 0.5) is 0 Å². The van der Waals surface area contributed by atoms with E-state index in [0.717, 1.165) is 36.7 Å². The molecule has 0 heterocycles. The van der Waals surface area contributed by atoms with Crippen molar-refractivity contribution in [3.05, 3.63) is 0 Å². The molecule has 0 fully saturated rings. The third-order valence-electron chi connectivity index (χ3n) is 2.38. The Morgan fingerprint density at radius 1 is 0.640 bits per heavy atom. The van der Waals surface area contributed by atoms with Crippen molar-refractivity contribution < 1.29 is 14.6 Å². The van der Waals surface area contributed by atoms with Gasteiger partial charge >= 0.3 is 0 Å². The lowest BCUT2D eigenvalue weighted by Gasteiger charge is -2.02. The number of aliphatic hydroxyl groups excluding tert-OH is 1. The molecule has 0 radical (unpaired) electrons. The Morgan fingerprint density at radius 3 is 1.28 bits per heavy atom. The minimum Gasteiger partial charge on any atom is -0.395 e. The number of hydrogen-bond acceptors (Lipinski definition) is 3. The van der Waals surface area contributed by atoms with Gasteiger partial charge in [-0.05, 0) is 25.7 Å². The third-order valence-corrected chi connectivity index (χ3v) is 3.50. The van der Waals surface area contributed by atoms with Crippen LogP contribution in [0.25, 0.3) is 0 Å². The van der Waals surface area contributed by atoms with Gasteiger partial charge in [-0.1, -0.05) is 31.9 Å². The average molecular weight is 480 g/mol. The SMILES string of the molecule is BrCCCCBr.C#CCCO.C#CCCOCCCCOCCC#C. The Kier molecular flexibility index (Phi) is 40.7. The van der Waals surface area contributed by atoms with E-state index < -0.39 is 0 Å². The lowest BCUT2D eigenvalue weighted by Crippen LogP contribution is -2.00. The highest BCUT2D eigenvalue weighted by molar-refractivity contribution is 9.09. The zero-order valence-corrected chi connectivity index (χ0v) is 18.3. The first-order valence-electron chi connectivity index (χ1n) is 8.43. The van der Waals surface area contributed by atoms with Crippen LogP contribution in [0, 0.1) is 37.0 Å². The molecule has 0 rings (SSSR count). The number of rotatable bonds is 13. The first-order valence-corrected chi connectivity index (χ1v) is 10.7. The molecule has 144 valence electrons. The van der Waals surface area contributed by atoms with E-state index in [0.29, 0.717) is 32.5 Å². The van der Waals surface area contributed by atoms with E-state index in [1.165, 1.54) is 12.8 Å². The molecule has 0 saturated heterocycles. The number of aliphatic hydroxyl groups is 1. The van der Waals surface area contributed by atoms with Crippen LogP contribution in [0.5, 0.6) is 0 Å². The largest absolute Gasteiger partial charge is 0.395 e. The van der Waals surface area contributed by atoms with Crippen molar-refractivity contribution in [1.82, 2.24) is 0 Å². The highest BCUT2D eigenvalue weighted by Gasteiger charge is 1.90. The molecule has 0 aromatic carbocycles. The highest BCUT2D eigenvalue weighted by atomic mass is 79.9. The Hall–Kier alpha value is -0.480. The quantitative estimate of drug-likeness (QED) is 0.241. The van der Waals surface area contributed by atoms with Crippen molar-refractivity contribution in [2.24, 2.45) is 0 Å². The summed E-state index contributed by atoms with van der Waals surface area (Å²) in [5.74, 6) is 7.32. The number of ether oxygens (including phenoxy) is 2. The standard InChI is InChI=1S/C12H18O2.C4H8Br2.C4H6O/c1-3-5-9-13-11-7-8-12-14-10-6-4-2;5-3-1-2-4-6;1-2-3-4-5/h1-2H,5-12H2;1-4H2;1,5H,3-4H2. The summed E-state index contributed by atoms with van der Waals surface area (Å²) in [5.41, 5.74) is 0. The van der Waals surface area contributed by atoms with Gasteiger partial charge in [-0.15, -0.1) is 37.0 Å². The summed E-state index contributed by atoms with van der Waals surface area (Å²) in [5, 5.41) is 10.2. The van der Waals surface area contributed by atoms with Crippen LogP contribution in [0.3, 0.4) is 0 Å². The molecule has 3 nitrogen and oxygen atoms in total. The van der Waals surface area contributed by atoms with Crippen molar-refractivity contribution >= 4 is 31.9 Å². The summed E-state index contributed by atoms with van der Waals surface area (Å²) in [6, 6.07) is 0. The molecule has 0 aliphatic rings. The number of terminal acetylenes is 3. The van der Waals surface area contributed by atoms with Gasteiger partial charge in [0.05, 0.1) is 19.8 Å². The van der Waals surface area contributed by atoms with Gasteiger partial charge in [-0.3, -0.25) is 0 Å². The molecule has 5 heteroatoms. The van der Waals surface area contributed by atoms with E-state index in [1.807, 2.05) is 0 Å². The smallest absolute Gasteiger partial charge is 0.0575 e. The fourth-order valence-corrected chi connectivity index (χ4v) is 1.92. The van der Waals surface area contributed by atoms with Crippen LogP contribution in [0.15, 0.2) is 0 Å². The van der Waals surface area contributed by atoms with E-state index in [4.69, 9.17) is 33.9 Å². The summed E-state index contributed by atoms with van der Waals surface area (Å²) in [4.78, 5) is 0. The minimum absolute atomic E-state index is 0.108. The Bertz CT molecular complexity index is 314. The molecule has 0 atom stereocenters. The van der Waals surface area contributed by atoms with Crippen LogP contribution in [-0.2, 0) is 9.47 Å². The number of unbranched alkanes of at least 4 members (excludes halogenated alkanes) is 2. The molecule has 0 amide bonds. The van der Waals surface area contributed by atoms with Gasteiger partial charge in [-0.25, -0.2) is 0 Å². The molecule has 0 aromatic heterocycles. The van der Waals surface area contributed by atoms with Crippen LogP contribution in [0.2, 0.25) is 0 Å². The van der Waals surface area contributed by atoms with E-state index in [-0.39, 0.29) is 6.61 Å². The van der Waals surface area contributed by atoms with Crippen molar-refractivity contribution in [3.63, 3.8) is 0 Å². The van der Waals surface area contributed by atoms with Gasteiger partial charge in [0.15, 0.2) is 0 Å². The van der Waals surface area contributed by atoms with E-state index in [9.17, 15) is 0 Å². The van der Waals surface area contributed by atoms with Gasteiger partial charge in [-0.2, -0.15) is 0 Å². The Morgan fingerprint density at radius 2 is 1.04 bits per heavy atom. The molecule has 0 bridgehead atoms. The lowest BCUT2D eigenvalue weighted by molar-refractivity contribution is 0.108. The molecule has 0 saturated carbocycles. The molecule has 0 unspecified atom stereocenters. The maximum Gasteiger partial charge on any atom is 0.0575 e. The summed E-state index contributed by atoms with van der Waals surface area (Å²) < 4.78 is 10.5. The fraction of sp³-hybridized carbons (Fsp3) is 0.700. The predicted molar refractivity (Wildman–Crippen MR) is 115 cm³/mol.